The maximum absolute atomic E-state index is 10.3. The van der Waals surface area contributed by atoms with E-state index < -0.39 is 284 Å². The minimum atomic E-state index is -1.14. The van der Waals surface area contributed by atoms with E-state index in [1.807, 2.05) is 0 Å². The van der Waals surface area contributed by atoms with Crippen molar-refractivity contribution in [2.75, 3.05) is 0 Å². The van der Waals surface area contributed by atoms with Gasteiger partial charge < -0.3 is 4.57 Å². The molecule has 1 aliphatic carbocycles. The van der Waals surface area contributed by atoms with Crippen molar-refractivity contribution < 1.29 is 41.1 Å². The molecule has 4 nitrogen and oxygen atoms in total. The van der Waals surface area contributed by atoms with Gasteiger partial charge in [-0.1, -0.05) is 121 Å². The summed E-state index contributed by atoms with van der Waals surface area (Å²) in [7, 11) is 0. The van der Waals surface area contributed by atoms with Crippen LogP contribution in [-0.4, -0.2) is 18.5 Å². The largest absolute Gasteiger partial charge is 0.309 e. The van der Waals surface area contributed by atoms with E-state index in [0.29, 0.717) is 4.57 Å². The summed E-state index contributed by atoms with van der Waals surface area (Å²) in [5, 5.41) is -7.51. The Morgan fingerprint density at radius 1 is 0.340 bits per heavy atom. The molecule has 53 heavy (non-hydrogen) atoms. The van der Waals surface area contributed by atoms with Gasteiger partial charge in [-0.25, -0.2) is 4.98 Å². The van der Waals surface area contributed by atoms with Crippen molar-refractivity contribution in [3.05, 3.63) is 223 Å². The molecule has 0 saturated heterocycles. The minimum absolute atomic E-state index is 0.403. The lowest BCUT2D eigenvalue weighted by Crippen LogP contribution is -1.97. The van der Waals surface area contributed by atoms with E-state index in [0.717, 1.165) is 8.97 Å². The third kappa shape index (κ3) is 3.92. The predicted molar refractivity (Wildman–Crippen MR) is 214 cm³/mol. The Balaban J connectivity index is 1.42. The first kappa shape index (κ1) is 12.2. The zero-order valence-corrected chi connectivity index (χ0v) is 26.3. The molecule has 0 fully saturated rings. The van der Waals surface area contributed by atoms with Crippen LogP contribution in [0, 0.1) is 41.7 Å². The fraction of sp³-hybridized carbons (Fsp3) is 0. The molecule has 0 saturated carbocycles. The zero-order valence-electron chi connectivity index (χ0n) is 56.3. The fourth-order valence-electron chi connectivity index (χ4n) is 6.87. The van der Waals surface area contributed by atoms with Gasteiger partial charge in [-0.15, -0.1) is 0 Å². The van der Waals surface area contributed by atoms with Crippen molar-refractivity contribution in [3.63, 3.8) is 0 Å². The van der Waals surface area contributed by atoms with Crippen LogP contribution in [0.5, 0.6) is 0 Å². The third-order valence-corrected chi connectivity index (χ3v) is 9.03. The average Bonchev–Trinajstić information content (AvgIpc) is 1.75. The fourth-order valence-corrected chi connectivity index (χ4v) is 6.87. The summed E-state index contributed by atoms with van der Waals surface area (Å²) < 4.78 is 278. The number of nitrogens with zero attached hydrogens (tertiary/aromatic N) is 4. The van der Waals surface area contributed by atoms with Crippen molar-refractivity contribution in [3.8, 4) is 11.4 Å². The Labute approximate surface area is 344 Å². The molecule has 12 rings (SSSR count). The van der Waals surface area contributed by atoms with Crippen LogP contribution in [0.25, 0.3) is 61.0 Å². The van der Waals surface area contributed by atoms with Crippen LogP contribution < -0.4 is 0 Å². The molecule has 0 amide bonds. The van der Waals surface area contributed by atoms with Crippen molar-refractivity contribution in [1.82, 2.24) is 18.5 Å². The summed E-state index contributed by atoms with van der Waals surface area (Å²) >= 11 is 0. The molecule has 0 N–H and O–H groups in total. The normalized spacial score (nSPS) is 22.8. The predicted octanol–water partition coefficient (Wildman–Crippen LogP) is 11.0. The van der Waals surface area contributed by atoms with E-state index >= 15 is 0 Å². The van der Waals surface area contributed by atoms with E-state index in [4.69, 9.17) is 20.6 Å². The summed E-state index contributed by atoms with van der Waals surface area (Å²) in [5.41, 5.74) is -5.10. The molecule has 0 aliphatic heterocycles. The number of para-hydroxylation sites is 5. The van der Waals surface area contributed by atoms with Crippen molar-refractivity contribution >= 4 is 49.7 Å². The highest BCUT2D eigenvalue weighted by molar-refractivity contribution is 6.10. The average molecular weight is 705 g/mol. The number of hydrogen-bond donors (Lipinski definition) is 0. The summed E-state index contributed by atoms with van der Waals surface area (Å²) in [6.07, 6.45) is 0. The van der Waals surface area contributed by atoms with E-state index in [9.17, 15) is 20.6 Å². The number of fused-ring (bicyclic) bond motifs is 12. The summed E-state index contributed by atoms with van der Waals surface area (Å²) in [4.78, 5) is 4.46. The van der Waals surface area contributed by atoms with Gasteiger partial charge in [0.05, 0.1) is 74.2 Å². The molecular weight excluding hydrogens is 645 g/mol. The molecule has 11 aromatic rings. The van der Waals surface area contributed by atoms with Crippen LogP contribution in [0.15, 0.2) is 181 Å². The second-order valence-corrected chi connectivity index (χ2v) is 11.7. The second kappa shape index (κ2) is 10.7. The Morgan fingerprint density at radius 2 is 0.811 bits per heavy atom. The molecule has 8 aromatic carbocycles. The number of hydrogen-bond acceptors (Lipinski definition) is 1. The SMILES string of the molecule is [2H]c1c([2H])c([2H])c2/c(c1[2H])=c1/c([2H])c([2H])c([2H])c([2H])/c1=c1\c([2H])c([2H])c(-n3c4c([2H])c([2H])c([2H])c([2H])c4c4c([2H])c(-n5c6c([2H])c([2H])c([2H])c([2H])c6n6c7c([2H])c([2H])c([2H])c([2H])c7nc56)c([2H])c([2H])c43)c([2H])\c1=c1/c([2H])c([2H])c([2H])c([2H])/c1=2. The molecule has 0 unspecified atom stereocenters. The molecule has 0 atom stereocenters. The highest BCUT2D eigenvalue weighted by Crippen LogP contribution is 2.36. The van der Waals surface area contributed by atoms with Crippen LogP contribution in [0.4, 0.5) is 0 Å². The van der Waals surface area contributed by atoms with Gasteiger partial charge in [-0.05, 0) is 102 Å². The lowest BCUT2D eigenvalue weighted by Gasteiger charge is -2.10. The summed E-state index contributed by atoms with van der Waals surface area (Å²) in [6.45, 7) is 0. The van der Waals surface area contributed by atoms with Gasteiger partial charge in [0.2, 0.25) is 5.78 Å². The molecule has 246 valence electrons. The van der Waals surface area contributed by atoms with Crippen molar-refractivity contribution in [1.29, 1.82) is 0 Å². The quantitative estimate of drug-likeness (QED) is 0.176. The second-order valence-electron chi connectivity index (χ2n) is 11.7. The number of aromatic nitrogens is 4. The highest BCUT2D eigenvalue weighted by Gasteiger charge is 2.19. The Bertz CT molecular complexity index is 5510. The summed E-state index contributed by atoms with van der Waals surface area (Å²) in [6, 6.07) is -28.4. The molecule has 0 radical (unpaired) electrons. The van der Waals surface area contributed by atoms with Gasteiger partial charge >= 0.3 is 0 Å². The maximum atomic E-state index is 10.3. The molecule has 4 heteroatoms. The summed E-state index contributed by atoms with van der Waals surface area (Å²) in [5.74, 6) is -0.546. The van der Waals surface area contributed by atoms with Gasteiger partial charge in [0, 0.05) is 22.1 Å². The van der Waals surface area contributed by atoms with Crippen LogP contribution in [0.3, 0.4) is 0 Å². The Hall–Kier alpha value is -7.17. The molecule has 3 heterocycles. The Morgan fingerprint density at radius 3 is 1.49 bits per heavy atom. The number of imidazole rings is 2. The van der Waals surface area contributed by atoms with E-state index in [-0.39, 0.29) is 0 Å². The van der Waals surface area contributed by atoms with Gasteiger partial charge in [0.1, 0.15) is 0 Å². The molecule has 1 aliphatic rings. The topological polar surface area (TPSA) is 27.2 Å². The number of rotatable bonds is 2. The van der Waals surface area contributed by atoms with Gasteiger partial charge in [0.15, 0.2) is 0 Å². The molecule has 3 aromatic heterocycles. The van der Waals surface area contributed by atoms with Crippen LogP contribution >= 0.6 is 0 Å². The van der Waals surface area contributed by atoms with E-state index in [1.165, 1.54) is 0 Å². The van der Waals surface area contributed by atoms with E-state index in [2.05, 4.69) is 4.98 Å². The standard InChI is InChI=1S/C49H30N4/c1-2-14-34-33(13-1)35-15-3-4-17-37(35)39-27-25-31(29-41(39)38-18-6-5-16-36(34)38)51-44-21-9-7-19-40(44)42-30-32(26-28-45(42)51)52-47-23-11-12-24-48(47)53-46-22-10-8-20-43(46)50-49(52)53/h1-30H/b35-33-,36-34-,39-37-,41-38-/i1D,2D,3D,4D,5D,6D,7D,8D,9D,10D,11D,12D,13D,14D,15D,16D,17D,18D,19D,20D,21D,22D,23D,24D,25D,26D,27D,28D,29D,30D. The lowest BCUT2D eigenvalue weighted by molar-refractivity contribution is 1.11. The first-order valence-corrected chi connectivity index (χ1v) is 15.7. The first-order chi connectivity index (χ1) is 38.8. The van der Waals surface area contributed by atoms with Gasteiger partial charge in [-0.3, -0.25) is 8.97 Å². The van der Waals surface area contributed by atoms with Crippen LogP contribution in [0.1, 0.15) is 41.1 Å². The monoisotopic (exact) mass is 704 g/mol. The van der Waals surface area contributed by atoms with Crippen molar-refractivity contribution in [2.45, 2.75) is 0 Å². The van der Waals surface area contributed by atoms with Crippen LogP contribution in [-0.2, 0) is 0 Å². The van der Waals surface area contributed by atoms with Crippen molar-refractivity contribution in [2.24, 2.45) is 0 Å². The van der Waals surface area contributed by atoms with Crippen LogP contribution in [0.2, 0.25) is 0 Å². The first-order valence-electron chi connectivity index (χ1n) is 30.7. The lowest BCUT2D eigenvalue weighted by atomic mass is 10.0. The maximum Gasteiger partial charge on any atom is 0.220 e. The third-order valence-electron chi connectivity index (χ3n) is 9.03. The van der Waals surface area contributed by atoms with Gasteiger partial charge in [-0.2, -0.15) is 0 Å². The smallest absolute Gasteiger partial charge is 0.220 e. The minimum Gasteiger partial charge on any atom is -0.309 e. The zero-order chi connectivity index (χ0) is 60.7. The Kier molecular flexibility index (Phi) is 2.46. The van der Waals surface area contributed by atoms with E-state index in [1.54, 1.807) is 0 Å². The van der Waals surface area contributed by atoms with Gasteiger partial charge in [0.25, 0.3) is 0 Å². The molecule has 0 spiro atoms. The molecule has 0 bridgehead atoms. The number of benzene rings is 8. The highest BCUT2D eigenvalue weighted by atomic mass is 15.2. The molecular formula is C49H30N4.